The Morgan fingerprint density at radius 3 is 2.27 bits per heavy atom. The third-order valence-electron chi connectivity index (χ3n) is 6.86. The number of likely N-dealkylation sites (tertiary alicyclic amines) is 1. The second kappa shape index (κ2) is 10.9. The molecule has 33 heavy (non-hydrogen) atoms. The van der Waals surface area contributed by atoms with E-state index in [0.717, 1.165) is 51.3 Å². The molecule has 2 aliphatic rings. The summed E-state index contributed by atoms with van der Waals surface area (Å²) in [6.45, 7) is 10.4. The molecule has 7 nitrogen and oxygen atoms in total. The molecule has 178 valence electrons. The molecule has 0 spiro atoms. The predicted molar refractivity (Wildman–Crippen MR) is 128 cm³/mol. The Morgan fingerprint density at radius 2 is 1.67 bits per heavy atom. The SMILES string of the molecule is CC(C)c1ccc(CN2CCN(C(=O)C3CCN(C(=O)NCc4ccco4)CC3)CC2)cc1. The van der Waals surface area contributed by atoms with Crippen LogP contribution in [-0.2, 0) is 17.9 Å². The van der Waals surface area contributed by atoms with Gasteiger partial charge in [0.25, 0.3) is 0 Å². The van der Waals surface area contributed by atoms with Crippen LogP contribution in [0.2, 0.25) is 0 Å². The van der Waals surface area contributed by atoms with Crippen molar-refractivity contribution < 1.29 is 14.0 Å². The molecule has 2 aliphatic heterocycles. The van der Waals surface area contributed by atoms with Crippen molar-refractivity contribution >= 4 is 11.9 Å². The Balaban J connectivity index is 1.17. The van der Waals surface area contributed by atoms with E-state index in [1.807, 2.05) is 17.0 Å². The van der Waals surface area contributed by atoms with Crippen LogP contribution in [0.5, 0.6) is 0 Å². The minimum atomic E-state index is -0.0904. The fourth-order valence-corrected chi connectivity index (χ4v) is 4.67. The zero-order valence-electron chi connectivity index (χ0n) is 19.8. The number of carbonyl (C=O) groups excluding carboxylic acids is 2. The second-order valence-corrected chi connectivity index (χ2v) is 9.50. The highest BCUT2D eigenvalue weighted by Gasteiger charge is 2.31. The van der Waals surface area contributed by atoms with Gasteiger partial charge < -0.3 is 19.5 Å². The highest BCUT2D eigenvalue weighted by Crippen LogP contribution is 2.21. The average molecular weight is 453 g/mol. The quantitative estimate of drug-likeness (QED) is 0.726. The molecule has 7 heteroatoms. The van der Waals surface area contributed by atoms with E-state index >= 15 is 0 Å². The second-order valence-electron chi connectivity index (χ2n) is 9.50. The third-order valence-corrected chi connectivity index (χ3v) is 6.86. The highest BCUT2D eigenvalue weighted by atomic mass is 16.3. The summed E-state index contributed by atoms with van der Waals surface area (Å²) in [5.41, 5.74) is 2.70. The number of piperazine rings is 1. The van der Waals surface area contributed by atoms with Gasteiger partial charge in [0.1, 0.15) is 5.76 Å². The van der Waals surface area contributed by atoms with Crippen molar-refractivity contribution in [3.05, 3.63) is 59.5 Å². The summed E-state index contributed by atoms with van der Waals surface area (Å²) in [6.07, 6.45) is 3.06. The van der Waals surface area contributed by atoms with Crippen molar-refractivity contribution in [1.29, 1.82) is 0 Å². The summed E-state index contributed by atoms with van der Waals surface area (Å²) in [7, 11) is 0. The van der Waals surface area contributed by atoms with Gasteiger partial charge in [0, 0.05) is 51.7 Å². The van der Waals surface area contributed by atoms with Gasteiger partial charge in [0.2, 0.25) is 5.91 Å². The van der Waals surface area contributed by atoms with Crippen LogP contribution in [0.3, 0.4) is 0 Å². The van der Waals surface area contributed by atoms with E-state index < -0.39 is 0 Å². The first-order valence-corrected chi connectivity index (χ1v) is 12.1. The summed E-state index contributed by atoms with van der Waals surface area (Å²) in [6, 6.07) is 12.5. The normalized spacial score (nSPS) is 18.0. The van der Waals surface area contributed by atoms with Gasteiger partial charge >= 0.3 is 6.03 Å². The number of hydrogen-bond acceptors (Lipinski definition) is 4. The van der Waals surface area contributed by atoms with E-state index in [1.165, 1.54) is 11.1 Å². The molecule has 2 fully saturated rings. The number of rotatable bonds is 6. The van der Waals surface area contributed by atoms with Crippen molar-refractivity contribution in [1.82, 2.24) is 20.0 Å². The van der Waals surface area contributed by atoms with Gasteiger partial charge in [0.15, 0.2) is 0 Å². The number of furan rings is 1. The minimum Gasteiger partial charge on any atom is -0.467 e. The average Bonchev–Trinajstić information content (AvgIpc) is 3.37. The molecule has 1 N–H and O–H groups in total. The summed E-state index contributed by atoms with van der Waals surface area (Å²) in [5, 5.41) is 2.89. The fraction of sp³-hybridized carbons (Fsp3) is 0.538. The molecule has 1 aromatic carbocycles. The monoisotopic (exact) mass is 452 g/mol. The number of carbonyl (C=O) groups is 2. The van der Waals surface area contributed by atoms with Crippen LogP contribution in [0.1, 0.15) is 49.5 Å². The summed E-state index contributed by atoms with van der Waals surface area (Å²) < 4.78 is 5.25. The molecule has 4 rings (SSSR count). The summed E-state index contributed by atoms with van der Waals surface area (Å²) in [4.78, 5) is 31.7. The molecule has 0 atom stereocenters. The third kappa shape index (κ3) is 6.16. The molecule has 0 unspecified atom stereocenters. The van der Waals surface area contributed by atoms with Crippen molar-refractivity contribution in [3.8, 4) is 0 Å². The minimum absolute atomic E-state index is 0.0225. The van der Waals surface area contributed by atoms with Crippen molar-refractivity contribution in [3.63, 3.8) is 0 Å². The zero-order chi connectivity index (χ0) is 23.2. The molecule has 3 heterocycles. The zero-order valence-corrected chi connectivity index (χ0v) is 19.8. The maximum absolute atomic E-state index is 13.1. The lowest BCUT2D eigenvalue weighted by Crippen LogP contribution is -2.52. The molecule has 1 aromatic heterocycles. The first kappa shape index (κ1) is 23.4. The smallest absolute Gasteiger partial charge is 0.317 e. The summed E-state index contributed by atoms with van der Waals surface area (Å²) >= 11 is 0. The number of nitrogens with zero attached hydrogens (tertiary/aromatic N) is 3. The molecule has 3 amide bonds. The molecular weight excluding hydrogens is 416 g/mol. The van der Waals surface area contributed by atoms with Gasteiger partial charge in [0.05, 0.1) is 12.8 Å². The Morgan fingerprint density at radius 1 is 0.970 bits per heavy atom. The van der Waals surface area contributed by atoms with Gasteiger partial charge in [-0.1, -0.05) is 38.1 Å². The maximum atomic E-state index is 13.1. The van der Waals surface area contributed by atoms with Crippen molar-refractivity contribution in [2.24, 2.45) is 5.92 Å². The first-order chi connectivity index (χ1) is 16.0. The number of amides is 3. The molecule has 0 saturated carbocycles. The van der Waals surface area contributed by atoms with Gasteiger partial charge in [-0.15, -0.1) is 0 Å². The Labute approximate surface area is 196 Å². The van der Waals surface area contributed by atoms with E-state index in [-0.39, 0.29) is 17.9 Å². The number of piperidine rings is 1. The molecule has 2 aromatic rings. The fourth-order valence-electron chi connectivity index (χ4n) is 4.67. The van der Waals surface area contributed by atoms with E-state index in [1.54, 1.807) is 11.2 Å². The van der Waals surface area contributed by atoms with E-state index in [9.17, 15) is 9.59 Å². The molecule has 0 bridgehead atoms. The topological polar surface area (TPSA) is 69.0 Å². The van der Waals surface area contributed by atoms with E-state index in [0.29, 0.717) is 25.6 Å². The van der Waals surface area contributed by atoms with Crippen LogP contribution >= 0.6 is 0 Å². The largest absolute Gasteiger partial charge is 0.467 e. The number of urea groups is 1. The number of benzene rings is 1. The Bertz CT molecular complexity index is 894. The van der Waals surface area contributed by atoms with Gasteiger partial charge in [-0.2, -0.15) is 0 Å². The van der Waals surface area contributed by atoms with Crippen LogP contribution in [0, 0.1) is 5.92 Å². The van der Waals surface area contributed by atoms with Crippen molar-refractivity contribution in [2.45, 2.75) is 45.7 Å². The maximum Gasteiger partial charge on any atom is 0.317 e. The predicted octanol–water partition coefficient (Wildman–Crippen LogP) is 3.67. The van der Waals surface area contributed by atoms with Crippen LogP contribution < -0.4 is 5.32 Å². The Hall–Kier alpha value is -2.80. The van der Waals surface area contributed by atoms with Crippen LogP contribution in [0.4, 0.5) is 4.79 Å². The first-order valence-electron chi connectivity index (χ1n) is 12.1. The Kier molecular flexibility index (Phi) is 7.70. The molecule has 0 radical (unpaired) electrons. The van der Waals surface area contributed by atoms with Crippen LogP contribution in [-0.4, -0.2) is 65.9 Å². The highest BCUT2D eigenvalue weighted by molar-refractivity contribution is 5.80. The van der Waals surface area contributed by atoms with Gasteiger partial charge in [-0.3, -0.25) is 9.69 Å². The molecule has 2 saturated heterocycles. The van der Waals surface area contributed by atoms with Crippen LogP contribution in [0.15, 0.2) is 47.1 Å². The molecular formula is C26H36N4O3. The van der Waals surface area contributed by atoms with Crippen LogP contribution in [0.25, 0.3) is 0 Å². The lowest BCUT2D eigenvalue weighted by Gasteiger charge is -2.38. The lowest BCUT2D eigenvalue weighted by molar-refractivity contribution is -0.138. The van der Waals surface area contributed by atoms with E-state index in [4.69, 9.17) is 4.42 Å². The van der Waals surface area contributed by atoms with Gasteiger partial charge in [-0.25, -0.2) is 4.79 Å². The lowest BCUT2D eigenvalue weighted by atomic mass is 9.95. The van der Waals surface area contributed by atoms with Gasteiger partial charge in [-0.05, 0) is 42.0 Å². The molecule has 0 aliphatic carbocycles. The number of nitrogens with one attached hydrogen (secondary N) is 1. The van der Waals surface area contributed by atoms with Crippen molar-refractivity contribution in [2.75, 3.05) is 39.3 Å². The van der Waals surface area contributed by atoms with E-state index in [2.05, 4.69) is 48.3 Å². The summed E-state index contributed by atoms with van der Waals surface area (Å²) in [5.74, 6) is 1.57. The number of hydrogen-bond donors (Lipinski definition) is 1. The standard InChI is InChI=1S/C26H36N4O3/c1-20(2)22-7-5-21(6-8-22)19-28-13-15-29(16-14-28)25(31)23-9-11-30(12-10-23)26(32)27-18-24-4-3-17-33-24/h3-8,17,20,23H,9-16,18-19H2,1-2H3,(H,27,32).